The predicted molar refractivity (Wildman–Crippen MR) is 107 cm³/mol. The number of carbonyl (C=O) groups is 1. The molecule has 0 aromatic heterocycles. The third-order valence-electron chi connectivity index (χ3n) is 4.20. The zero-order chi connectivity index (χ0) is 20.9. The van der Waals surface area contributed by atoms with Gasteiger partial charge in [0, 0.05) is 18.7 Å². The van der Waals surface area contributed by atoms with Crippen LogP contribution in [0.3, 0.4) is 0 Å². The Balaban J connectivity index is 1.50. The van der Waals surface area contributed by atoms with Gasteiger partial charge >= 0.3 is 5.97 Å². The van der Waals surface area contributed by atoms with E-state index in [1.54, 1.807) is 12.1 Å². The number of hydrogen-bond donors (Lipinski definition) is 1. The maximum absolute atomic E-state index is 12.4. The molecule has 0 spiro atoms. The van der Waals surface area contributed by atoms with Crippen LogP contribution in [0.25, 0.3) is 10.8 Å². The van der Waals surface area contributed by atoms with Crippen molar-refractivity contribution in [3.05, 3.63) is 82.4 Å². The smallest absolute Gasteiger partial charge is 0.307 e. The van der Waals surface area contributed by atoms with Crippen LogP contribution in [-0.2, 0) is 26.2 Å². The zero-order valence-corrected chi connectivity index (χ0v) is 16.1. The van der Waals surface area contributed by atoms with Gasteiger partial charge in [-0.15, -0.1) is 0 Å². The van der Waals surface area contributed by atoms with E-state index in [2.05, 4.69) is 4.72 Å². The average molecular weight is 414 g/mol. The van der Waals surface area contributed by atoms with Crippen LogP contribution in [-0.4, -0.2) is 25.9 Å². The molecule has 0 radical (unpaired) electrons. The highest BCUT2D eigenvalue weighted by Gasteiger charge is 2.15. The van der Waals surface area contributed by atoms with E-state index in [0.29, 0.717) is 5.56 Å². The standard InChI is InChI=1S/C20H18N2O6S/c23-20(28-14-15-5-8-18(9-6-15)22(24)25)11-12-21-29(26,27)19-10-7-16-3-1-2-4-17(16)13-19/h1-10,13,21H,11-12,14H2. The Morgan fingerprint density at radius 1 is 1.00 bits per heavy atom. The van der Waals surface area contributed by atoms with Gasteiger partial charge in [0.15, 0.2) is 0 Å². The summed E-state index contributed by atoms with van der Waals surface area (Å²) in [6.45, 7) is -0.150. The van der Waals surface area contributed by atoms with Crippen molar-refractivity contribution in [1.82, 2.24) is 4.72 Å². The van der Waals surface area contributed by atoms with Gasteiger partial charge in [0.25, 0.3) is 5.69 Å². The van der Waals surface area contributed by atoms with Crippen LogP contribution in [0.1, 0.15) is 12.0 Å². The summed E-state index contributed by atoms with van der Waals surface area (Å²) in [4.78, 5) is 22.0. The summed E-state index contributed by atoms with van der Waals surface area (Å²) in [5, 5.41) is 12.3. The van der Waals surface area contributed by atoms with Crippen LogP contribution in [0.15, 0.2) is 71.6 Å². The third-order valence-corrected chi connectivity index (χ3v) is 5.66. The number of non-ortho nitro benzene ring substituents is 1. The zero-order valence-electron chi connectivity index (χ0n) is 15.3. The molecular formula is C20H18N2O6S. The number of nitro groups is 1. The van der Waals surface area contributed by atoms with Gasteiger partial charge in [-0.2, -0.15) is 0 Å². The number of fused-ring (bicyclic) bond motifs is 1. The number of esters is 1. The van der Waals surface area contributed by atoms with Crippen LogP contribution in [0.2, 0.25) is 0 Å². The molecule has 0 heterocycles. The van der Waals surface area contributed by atoms with Crippen molar-refractivity contribution < 1.29 is 22.9 Å². The maximum atomic E-state index is 12.4. The first-order valence-electron chi connectivity index (χ1n) is 8.72. The largest absolute Gasteiger partial charge is 0.461 e. The minimum atomic E-state index is -3.75. The van der Waals surface area contributed by atoms with Gasteiger partial charge in [0.2, 0.25) is 10.0 Å². The molecule has 0 atom stereocenters. The maximum Gasteiger partial charge on any atom is 0.307 e. The molecule has 3 aromatic carbocycles. The molecule has 0 aliphatic rings. The molecule has 0 amide bonds. The van der Waals surface area contributed by atoms with Gasteiger partial charge in [-0.05, 0) is 40.6 Å². The summed E-state index contributed by atoms with van der Waals surface area (Å²) in [5.74, 6) is -0.579. The number of hydrogen-bond acceptors (Lipinski definition) is 6. The number of nitrogens with zero attached hydrogens (tertiary/aromatic N) is 1. The predicted octanol–water partition coefficient (Wildman–Crippen LogP) is 3.16. The molecule has 8 nitrogen and oxygen atoms in total. The minimum Gasteiger partial charge on any atom is -0.461 e. The third kappa shape index (κ3) is 5.37. The number of rotatable bonds is 8. The lowest BCUT2D eigenvalue weighted by atomic mass is 10.1. The Labute approximate surface area is 167 Å². The molecule has 1 N–H and O–H groups in total. The second kappa shape index (κ2) is 8.80. The van der Waals surface area contributed by atoms with Crippen LogP contribution in [0, 0.1) is 10.1 Å². The number of nitrogens with one attached hydrogen (secondary N) is 1. The topological polar surface area (TPSA) is 116 Å². The van der Waals surface area contributed by atoms with Gasteiger partial charge in [-0.25, -0.2) is 13.1 Å². The molecule has 0 saturated heterocycles. The Morgan fingerprint density at radius 2 is 1.69 bits per heavy atom. The Kier molecular flexibility index (Phi) is 6.20. The Bertz CT molecular complexity index is 1140. The number of carbonyl (C=O) groups excluding carboxylic acids is 1. The van der Waals surface area contributed by atoms with Gasteiger partial charge in [0.05, 0.1) is 16.2 Å². The van der Waals surface area contributed by atoms with E-state index in [-0.39, 0.29) is 30.2 Å². The van der Waals surface area contributed by atoms with Crippen molar-refractivity contribution in [2.24, 2.45) is 0 Å². The van der Waals surface area contributed by atoms with E-state index >= 15 is 0 Å². The fourth-order valence-corrected chi connectivity index (χ4v) is 3.72. The highest BCUT2D eigenvalue weighted by Crippen LogP contribution is 2.19. The highest BCUT2D eigenvalue weighted by molar-refractivity contribution is 7.89. The molecular weight excluding hydrogens is 396 g/mol. The van der Waals surface area contributed by atoms with Crippen LogP contribution in [0.5, 0.6) is 0 Å². The van der Waals surface area contributed by atoms with Crippen LogP contribution >= 0.6 is 0 Å². The minimum absolute atomic E-state index is 0.0474. The summed E-state index contributed by atoms with van der Waals surface area (Å²) in [5.41, 5.74) is 0.545. The van der Waals surface area contributed by atoms with Gasteiger partial charge < -0.3 is 4.74 Å². The second-order valence-corrected chi connectivity index (χ2v) is 8.01. The summed E-state index contributed by atoms with van der Waals surface area (Å²) in [6, 6.07) is 17.8. The van der Waals surface area contributed by atoms with Gasteiger partial charge in [-0.1, -0.05) is 30.3 Å². The van der Waals surface area contributed by atoms with Crippen molar-refractivity contribution in [2.75, 3.05) is 6.54 Å². The van der Waals surface area contributed by atoms with E-state index < -0.39 is 20.9 Å². The molecule has 9 heteroatoms. The number of nitro benzene ring substituents is 1. The quantitative estimate of drug-likeness (QED) is 0.344. The lowest BCUT2D eigenvalue weighted by Gasteiger charge is -2.08. The van der Waals surface area contributed by atoms with E-state index in [0.717, 1.165) is 10.8 Å². The second-order valence-electron chi connectivity index (χ2n) is 6.24. The molecule has 150 valence electrons. The molecule has 3 aromatic rings. The van der Waals surface area contributed by atoms with Crippen molar-refractivity contribution in [3.63, 3.8) is 0 Å². The average Bonchev–Trinajstić information content (AvgIpc) is 2.72. The molecule has 0 fully saturated rings. The first-order chi connectivity index (χ1) is 13.8. The Morgan fingerprint density at radius 3 is 2.38 bits per heavy atom. The SMILES string of the molecule is O=C(CCNS(=O)(=O)c1ccc2ccccc2c1)OCc1ccc([N+](=O)[O-])cc1. The van der Waals surface area contributed by atoms with Crippen molar-refractivity contribution in [1.29, 1.82) is 0 Å². The number of sulfonamides is 1. The molecule has 0 unspecified atom stereocenters. The number of ether oxygens (including phenoxy) is 1. The van der Waals surface area contributed by atoms with Crippen LogP contribution < -0.4 is 4.72 Å². The summed E-state index contributed by atoms with van der Waals surface area (Å²) >= 11 is 0. The summed E-state index contributed by atoms with van der Waals surface area (Å²) < 4.78 is 32.3. The van der Waals surface area contributed by atoms with Crippen molar-refractivity contribution in [3.8, 4) is 0 Å². The monoisotopic (exact) mass is 414 g/mol. The lowest BCUT2D eigenvalue weighted by Crippen LogP contribution is -2.26. The fraction of sp³-hybridized carbons (Fsp3) is 0.150. The van der Waals surface area contributed by atoms with E-state index in [4.69, 9.17) is 4.74 Å². The van der Waals surface area contributed by atoms with Gasteiger partial charge in [0.1, 0.15) is 6.61 Å². The van der Waals surface area contributed by atoms with E-state index in [1.165, 1.54) is 30.3 Å². The van der Waals surface area contributed by atoms with E-state index in [1.807, 2.05) is 24.3 Å². The van der Waals surface area contributed by atoms with Crippen LogP contribution in [0.4, 0.5) is 5.69 Å². The first-order valence-corrected chi connectivity index (χ1v) is 10.2. The molecule has 3 rings (SSSR count). The highest BCUT2D eigenvalue weighted by atomic mass is 32.2. The molecule has 0 aliphatic heterocycles. The van der Waals surface area contributed by atoms with E-state index in [9.17, 15) is 23.3 Å². The fourth-order valence-electron chi connectivity index (χ4n) is 2.66. The first kappa shape index (κ1) is 20.4. The number of benzene rings is 3. The molecule has 29 heavy (non-hydrogen) atoms. The normalized spacial score (nSPS) is 11.3. The summed E-state index contributed by atoms with van der Waals surface area (Å²) in [7, 11) is -3.75. The van der Waals surface area contributed by atoms with Crippen molar-refractivity contribution in [2.45, 2.75) is 17.9 Å². The molecule has 0 saturated carbocycles. The van der Waals surface area contributed by atoms with Crippen molar-refractivity contribution >= 4 is 32.5 Å². The summed E-state index contributed by atoms with van der Waals surface area (Å²) in [6.07, 6.45) is -0.139. The Hall–Kier alpha value is -3.30. The van der Waals surface area contributed by atoms with Gasteiger partial charge in [-0.3, -0.25) is 14.9 Å². The lowest BCUT2D eigenvalue weighted by molar-refractivity contribution is -0.384. The molecule has 0 aliphatic carbocycles. The molecule has 0 bridgehead atoms.